The first-order valence-corrected chi connectivity index (χ1v) is 4.33. The average Bonchev–Trinajstić information content (AvgIpc) is 2.20. The minimum atomic E-state index is -0.125. The Morgan fingerprint density at radius 1 is 0.929 bits per heavy atom. The SMILES string of the molecule is C=CC.OCCO.OCCOCCO. The number of aliphatic hydroxyl groups is 4. The highest BCUT2D eigenvalue weighted by Crippen LogP contribution is 1.68. The molecule has 0 saturated carbocycles. The highest BCUT2D eigenvalue weighted by Gasteiger charge is 1.79. The van der Waals surface area contributed by atoms with Gasteiger partial charge in [-0.2, -0.15) is 0 Å². The van der Waals surface area contributed by atoms with Crippen molar-refractivity contribution in [2.75, 3.05) is 39.6 Å². The van der Waals surface area contributed by atoms with Crippen molar-refractivity contribution in [2.24, 2.45) is 0 Å². The van der Waals surface area contributed by atoms with Crippen LogP contribution >= 0.6 is 0 Å². The summed E-state index contributed by atoms with van der Waals surface area (Å²) in [5, 5.41) is 31.4. The first-order valence-electron chi connectivity index (χ1n) is 4.33. The predicted octanol–water partition coefficient (Wildman–Crippen LogP) is -0.849. The summed E-state index contributed by atoms with van der Waals surface area (Å²) in [6, 6.07) is 0. The van der Waals surface area contributed by atoms with Gasteiger partial charge in [0.25, 0.3) is 0 Å². The van der Waals surface area contributed by atoms with E-state index in [0.29, 0.717) is 13.2 Å². The summed E-state index contributed by atoms with van der Waals surface area (Å²) in [7, 11) is 0. The van der Waals surface area contributed by atoms with Gasteiger partial charge in [-0.25, -0.2) is 0 Å². The van der Waals surface area contributed by atoms with E-state index < -0.39 is 0 Å². The molecule has 0 radical (unpaired) electrons. The third kappa shape index (κ3) is 62.2. The fourth-order valence-electron chi connectivity index (χ4n) is 0.231. The summed E-state index contributed by atoms with van der Waals surface area (Å²) in [5.74, 6) is 0. The second-order valence-corrected chi connectivity index (χ2v) is 1.92. The minimum Gasteiger partial charge on any atom is -0.394 e. The molecule has 0 rings (SSSR count). The lowest BCUT2D eigenvalue weighted by Gasteiger charge is -1.94. The van der Waals surface area contributed by atoms with Crippen LogP contribution in [0.15, 0.2) is 12.7 Å². The van der Waals surface area contributed by atoms with Crippen molar-refractivity contribution in [1.29, 1.82) is 0 Å². The molecule has 0 bridgehead atoms. The van der Waals surface area contributed by atoms with Crippen molar-refractivity contribution in [2.45, 2.75) is 6.92 Å². The maximum absolute atomic E-state index is 8.09. The lowest BCUT2D eigenvalue weighted by atomic mass is 10.7. The summed E-state index contributed by atoms with van der Waals surface area (Å²) < 4.78 is 4.63. The minimum absolute atomic E-state index is 0.0278. The number of allylic oxidation sites excluding steroid dienone is 1. The van der Waals surface area contributed by atoms with Gasteiger partial charge in [-0.05, 0) is 6.92 Å². The summed E-state index contributed by atoms with van der Waals surface area (Å²) in [6.07, 6.45) is 1.75. The quantitative estimate of drug-likeness (QED) is 0.350. The molecule has 5 nitrogen and oxygen atoms in total. The predicted molar refractivity (Wildman–Crippen MR) is 55.0 cm³/mol. The van der Waals surface area contributed by atoms with Gasteiger partial charge in [-0.1, -0.05) is 6.08 Å². The Morgan fingerprint density at radius 2 is 1.21 bits per heavy atom. The molecule has 0 aromatic heterocycles. The van der Waals surface area contributed by atoms with Crippen LogP contribution in [-0.2, 0) is 4.74 Å². The van der Waals surface area contributed by atoms with Crippen LogP contribution in [0.2, 0.25) is 0 Å². The lowest BCUT2D eigenvalue weighted by molar-refractivity contribution is 0.0650. The van der Waals surface area contributed by atoms with Gasteiger partial charge in [0.15, 0.2) is 0 Å². The number of hydrogen-bond donors (Lipinski definition) is 4. The molecule has 88 valence electrons. The molecule has 0 aliphatic carbocycles. The van der Waals surface area contributed by atoms with E-state index in [1.54, 1.807) is 6.08 Å². The van der Waals surface area contributed by atoms with Crippen molar-refractivity contribution in [1.82, 2.24) is 0 Å². The van der Waals surface area contributed by atoms with E-state index in [1.807, 2.05) is 6.92 Å². The van der Waals surface area contributed by atoms with Crippen LogP contribution in [0, 0.1) is 0 Å². The molecule has 0 saturated heterocycles. The lowest BCUT2D eigenvalue weighted by Crippen LogP contribution is -2.03. The van der Waals surface area contributed by atoms with Crippen molar-refractivity contribution in [3.05, 3.63) is 12.7 Å². The van der Waals surface area contributed by atoms with Gasteiger partial charge < -0.3 is 25.2 Å². The molecule has 0 unspecified atom stereocenters. The monoisotopic (exact) mass is 210 g/mol. The van der Waals surface area contributed by atoms with E-state index in [0.717, 1.165) is 0 Å². The molecule has 0 aromatic rings. The Morgan fingerprint density at radius 3 is 1.36 bits per heavy atom. The smallest absolute Gasteiger partial charge is 0.0698 e. The Kier molecular flexibility index (Phi) is 40.2. The molecule has 0 spiro atoms. The van der Waals surface area contributed by atoms with E-state index in [4.69, 9.17) is 20.4 Å². The summed E-state index contributed by atoms with van der Waals surface area (Å²) >= 11 is 0. The third-order valence-electron chi connectivity index (χ3n) is 0.571. The Balaban J connectivity index is -0.000000147. The Hall–Kier alpha value is -0.460. The van der Waals surface area contributed by atoms with E-state index in [-0.39, 0.29) is 26.4 Å². The molecular weight excluding hydrogens is 188 g/mol. The third-order valence-corrected chi connectivity index (χ3v) is 0.571. The second kappa shape index (κ2) is 29.4. The molecule has 14 heavy (non-hydrogen) atoms. The number of ether oxygens (including phenoxy) is 1. The van der Waals surface area contributed by atoms with Crippen LogP contribution in [0.25, 0.3) is 0 Å². The van der Waals surface area contributed by atoms with Gasteiger partial charge in [0, 0.05) is 0 Å². The Labute approximate surface area is 85.3 Å². The first-order chi connectivity index (χ1) is 6.74. The highest BCUT2D eigenvalue weighted by molar-refractivity contribution is 4.51. The summed E-state index contributed by atoms with van der Waals surface area (Å²) in [6.45, 7) is 5.70. The van der Waals surface area contributed by atoms with Crippen LogP contribution in [-0.4, -0.2) is 60.1 Å². The van der Waals surface area contributed by atoms with E-state index in [1.165, 1.54) is 0 Å². The van der Waals surface area contributed by atoms with Gasteiger partial charge in [0.05, 0.1) is 39.6 Å². The van der Waals surface area contributed by atoms with Crippen molar-refractivity contribution >= 4 is 0 Å². The maximum atomic E-state index is 8.09. The summed E-state index contributed by atoms with van der Waals surface area (Å²) in [4.78, 5) is 0. The highest BCUT2D eigenvalue weighted by atomic mass is 16.5. The van der Waals surface area contributed by atoms with Crippen LogP contribution in [0.4, 0.5) is 0 Å². The first kappa shape index (κ1) is 19.2. The van der Waals surface area contributed by atoms with Crippen LogP contribution < -0.4 is 0 Å². The van der Waals surface area contributed by atoms with Crippen LogP contribution in [0.5, 0.6) is 0 Å². The van der Waals surface area contributed by atoms with Crippen LogP contribution in [0.1, 0.15) is 6.92 Å². The molecule has 4 N–H and O–H groups in total. The van der Waals surface area contributed by atoms with E-state index in [2.05, 4.69) is 11.3 Å². The van der Waals surface area contributed by atoms with Crippen molar-refractivity contribution in [3.63, 3.8) is 0 Å². The maximum Gasteiger partial charge on any atom is 0.0698 e. The van der Waals surface area contributed by atoms with Gasteiger partial charge in [-0.15, -0.1) is 6.58 Å². The molecule has 0 heterocycles. The molecule has 5 heteroatoms. The van der Waals surface area contributed by atoms with Gasteiger partial charge >= 0.3 is 0 Å². The summed E-state index contributed by atoms with van der Waals surface area (Å²) in [5.41, 5.74) is 0. The number of hydrogen-bond acceptors (Lipinski definition) is 5. The molecule has 0 aromatic carbocycles. The van der Waals surface area contributed by atoms with Crippen molar-refractivity contribution in [3.8, 4) is 0 Å². The van der Waals surface area contributed by atoms with Gasteiger partial charge in [0.1, 0.15) is 0 Å². The normalized spacial score (nSPS) is 7.79. The fourth-order valence-corrected chi connectivity index (χ4v) is 0.231. The standard InChI is InChI=1S/C4H10O3.C3H6.C2H6O2/c5-1-3-7-4-2-6;1-3-2;3-1-2-4/h5-6H,1-4H2;3H,1H2,2H3;3-4H,1-2H2. The van der Waals surface area contributed by atoms with Crippen LogP contribution in [0.3, 0.4) is 0 Å². The molecule has 0 aliphatic rings. The number of rotatable bonds is 5. The Bertz CT molecular complexity index is 71.6. The topological polar surface area (TPSA) is 90.2 Å². The molecule has 0 aliphatic heterocycles. The van der Waals surface area contributed by atoms with Gasteiger partial charge in [-0.3, -0.25) is 0 Å². The molecule has 0 amide bonds. The second-order valence-electron chi connectivity index (χ2n) is 1.92. The number of aliphatic hydroxyl groups excluding tert-OH is 4. The van der Waals surface area contributed by atoms with E-state index in [9.17, 15) is 0 Å². The zero-order chi connectivity index (χ0) is 11.7. The zero-order valence-corrected chi connectivity index (χ0v) is 8.72. The molecular formula is C9H22O5. The molecule has 0 fully saturated rings. The molecule has 0 atom stereocenters. The fraction of sp³-hybridized carbons (Fsp3) is 0.778. The van der Waals surface area contributed by atoms with E-state index >= 15 is 0 Å². The average molecular weight is 210 g/mol. The van der Waals surface area contributed by atoms with Crippen molar-refractivity contribution < 1.29 is 25.2 Å². The zero-order valence-electron chi connectivity index (χ0n) is 8.72. The van der Waals surface area contributed by atoms with Gasteiger partial charge in [0.2, 0.25) is 0 Å². The largest absolute Gasteiger partial charge is 0.394 e.